The Hall–Kier alpha value is -1.70. The number of esters is 1. The number of carbonyl (C=O) groups excluding carboxylic acids is 1. The Balaban J connectivity index is 2.49. The average molecular weight is 367 g/mol. The van der Waals surface area contributed by atoms with Gasteiger partial charge in [-0.05, 0) is 39.8 Å². The molecule has 2 unspecified atom stereocenters. The van der Waals surface area contributed by atoms with Crippen LogP contribution < -0.4 is 9.46 Å². The van der Waals surface area contributed by atoms with Crippen molar-refractivity contribution in [2.45, 2.75) is 44.4 Å². The highest BCUT2D eigenvalue weighted by Gasteiger charge is 2.41. The SMILES string of the molecule is COC(=O)CC(C)(N[S+]([O-])C(C)(C)C)c1cc2cccc(OC)c2o1. The summed E-state index contributed by atoms with van der Waals surface area (Å²) in [5, 5.41) is 0.841. The lowest BCUT2D eigenvalue weighted by Gasteiger charge is -2.32. The Morgan fingerprint density at radius 1 is 1.28 bits per heavy atom. The predicted molar refractivity (Wildman–Crippen MR) is 97.8 cm³/mol. The first-order chi connectivity index (χ1) is 11.6. The van der Waals surface area contributed by atoms with Crippen molar-refractivity contribution in [1.29, 1.82) is 0 Å². The van der Waals surface area contributed by atoms with E-state index in [1.165, 1.54) is 7.11 Å². The van der Waals surface area contributed by atoms with Gasteiger partial charge >= 0.3 is 5.97 Å². The van der Waals surface area contributed by atoms with Crippen molar-refractivity contribution < 1.29 is 23.2 Å². The van der Waals surface area contributed by atoms with Crippen LogP contribution in [0.15, 0.2) is 28.7 Å². The Morgan fingerprint density at radius 2 is 1.96 bits per heavy atom. The van der Waals surface area contributed by atoms with Crippen molar-refractivity contribution in [2.75, 3.05) is 14.2 Å². The van der Waals surface area contributed by atoms with E-state index >= 15 is 0 Å². The number of rotatable bonds is 6. The van der Waals surface area contributed by atoms with Gasteiger partial charge in [-0.1, -0.05) is 12.1 Å². The van der Waals surface area contributed by atoms with Crippen LogP contribution >= 0.6 is 0 Å². The number of para-hydroxylation sites is 1. The maximum atomic E-state index is 12.6. The zero-order chi connectivity index (χ0) is 18.8. The van der Waals surface area contributed by atoms with Crippen LogP contribution in [0, 0.1) is 0 Å². The van der Waals surface area contributed by atoms with Gasteiger partial charge in [-0.15, -0.1) is 4.72 Å². The molecule has 1 N–H and O–H groups in total. The van der Waals surface area contributed by atoms with Crippen molar-refractivity contribution >= 4 is 28.3 Å². The van der Waals surface area contributed by atoms with Gasteiger partial charge in [0.2, 0.25) is 0 Å². The van der Waals surface area contributed by atoms with Crippen LogP contribution in [0.2, 0.25) is 0 Å². The maximum absolute atomic E-state index is 12.6. The average Bonchev–Trinajstić information content (AvgIpc) is 2.98. The summed E-state index contributed by atoms with van der Waals surface area (Å²) in [6, 6.07) is 7.38. The fourth-order valence-corrected chi connectivity index (χ4v) is 3.25. The van der Waals surface area contributed by atoms with E-state index in [2.05, 4.69) is 4.72 Å². The molecule has 0 fully saturated rings. The summed E-state index contributed by atoms with van der Waals surface area (Å²) < 4.78 is 31.3. The molecule has 1 aromatic heterocycles. The van der Waals surface area contributed by atoms with Gasteiger partial charge in [0.05, 0.1) is 20.6 Å². The van der Waals surface area contributed by atoms with Gasteiger partial charge in [0.25, 0.3) is 0 Å². The molecule has 0 aliphatic carbocycles. The highest BCUT2D eigenvalue weighted by Crippen LogP contribution is 2.36. The molecule has 2 rings (SSSR count). The summed E-state index contributed by atoms with van der Waals surface area (Å²) >= 11 is -1.40. The lowest BCUT2D eigenvalue weighted by molar-refractivity contribution is -0.142. The number of methoxy groups -OCH3 is 2. The van der Waals surface area contributed by atoms with Crippen LogP contribution in [0.5, 0.6) is 5.75 Å². The van der Waals surface area contributed by atoms with E-state index < -0.39 is 27.6 Å². The molecule has 0 radical (unpaired) electrons. The van der Waals surface area contributed by atoms with Crippen LogP contribution in [0.1, 0.15) is 39.9 Å². The fraction of sp³-hybridized carbons (Fsp3) is 0.500. The van der Waals surface area contributed by atoms with E-state index in [-0.39, 0.29) is 6.42 Å². The van der Waals surface area contributed by atoms with E-state index in [0.717, 1.165) is 5.39 Å². The van der Waals surface area contributed by atoms with Crippen molar-refractivity contribution in [3.05, 3.63) is 30.0 Å². The highest BCUT2D eigenvalue weighted by atomic mass is 32.2. The van der Waals surface area contributed by atoms with Crippen LogP contribution in [0.3, 0.4) is 0 Å². The second-order valence-corrected chi connectivity index (χ2v) is 9.02. The minimum absolute atomic E-state index is 0.0204. The van der Waals surface area contributed by atoms with Gasteiger partial charge in [0.1, 0.15) is 16.0 Å². The topological polar surface area (TPSA) is 83.8 Å². The molecule has 0 spiro atoms. The monoisotopic (exact) mass is 367 g/mol. The molecule has 0 bridgehead atoms. The van der Waals surface area contributed by atoms with Gasteiger partial charge < -0.3 is 18.4 Å². The van der Waals surface area contributed by atoms with E-state index in [9.17, 15) is 9.35 Å². The number of hydrogen-bond donors (Lipinski definition) is 1. The number of furan rings is 1. The quantitative estimate of drug-likeness (QED) is 0.623. The number of fused-ring (bicyclic) bond motifs is 1. The summed E-state index contributed by atoms with van der Waals surface area (Å²) in [5.41, 5.74) is -0.408. The molecule has 1 heterocycles. The van der Waals surface area contributed by atoms with E-state index in [1.807, 2.05) is 39.0 Å². The summed E-state index contributed by atoms with van der Waals surface area (Å²) in [7, 11) is 2.89. The van der Waals surface area contributed by atoms with Crippen molar-refractivity contribution in [3.63, 3.8) is 0 Å². The summed E-state index contributed by atoms with van der Waals surface area (Å²) in [6.45, 7) is 7.35. The Labute approximate surface area is 151 Å². The molecule has 2 atom stereocenters. The smallest absolute Gasteiger partial charge is 0.308 e. The lowest BCUT2D eigenvalue weighted by Crippen LogP contribution is -2.50. The Morgan fingerprint density at radius 3 is 2.52 bits per heavy atom. The van der Waals surface area contributed by atoms with Gasteiger partial charge in [-0.3, -0.25) is 4.79 Å². The number of carbonyl (C=O) groups is 1. The first-order valence-corrected chi connectivity index (χ1v) is 9.09. The first-order valence-electron chi connectivity index (χ1n) is 7.94. The third-order valence-corrected chi connectivity index (χ3v) is 5.62. The molecule has 0 saturated carbocycles. The minimum atomic E-state index is -1.40. The van der Waals surface area contributed by atoms with Crippen molar-refractivity contribution in [2.24, 2.45) is 0 Å². The highest BCUT2D eigenvalue weighted by molar-refractivity contribution is 7.90. The molecule has 6 nitrogen and oxygen atoms in total. The molecule has 0 aliphatic rings. The molecular weight excluding hydrogens is 342 g/mol. The normalized spacial score (nSPS) is 15.6. The van der Waals surface area contributed by atoms with Crippen LogP contribution in [-0.2, 0) is 26.4 Å². The van der Waals surface area contributed by atoms with Crippen molar-refractivity contribution in [3.8, 4) is 5.75 Å². The van der Waals surface area contributed by atoms with E-state index in [4.69, 9.17) is 13.9 Å². The van der Waals surface area contributed by atoms with E-state index in [0.29, 0.717) is 17.1 Å². The van der Waals surface area contributed by atoms with Gasteiger partial charge in [-0.25, -0.2) is 0 Å². The fourth-order valence-electron chi connectivity index (χ4n) is 2.36. The predicted octanol–water partition coefficient (Wildman–Crippen LogP) is 3.27. The number of nitrogens with one attached hydrogen (secondary N) is 1. The zero-order valence-corrected chi connectivity index (χ0v) is 16.3. The van der Waals surface area contributed by atoms with Gasteiger partial charge in [0.15, 0.2) is 11.3 Å². The molecule has 138 valence electrons. The van der Waals surface area contributed by atoms with Crippen LogP contribution in [-0.4, -0.2) is 29.5 Å². The number of hydrogen-bond acceptors (Lipinski definition) is 6. The molecule has 2 aromatic rings. The number of ether oxygens (including phenoxy) is 2. The van der Waals surface area contributed by atoms with E-state index in [1.54, 1.807) is 20.1 Å². The second-order valence-electron chi connectivity index (χ2n) is 7.06. The van der Waals surface area contributed by atoms with Crippen LogP contribution in [0.4, 0.5) is 0 Å². The molecule has 0 saturated heterocycles. The largest absolute Gasteiger partial charge is 0.598 e. The molecule has 7 heteroatoms. The molecule has 1 aromatic carbocycles. The maximum Gasteiger partial charge on any atom is 0.308 e. The minimum Gasteiger partial charge on any atom is -0.598 e. The third-order valence-electron chi connectivity index (χ3n) is 3.87. The van der Waals surface area contributed by atoms with Crippen molar-refractivity contribution in [1.82, 2.24) is 4.72 Å². The molecular formula is C18H25NO5S. The molecule has 0 aliphatic heterocycles. The lowest BCUT2D eigenvalue weighted by atomic mass is 9.96. The molecule has 0 amide bonds. The standard InChI is InChI=1S/C18H25NO5S/c1-17(2,3)25(21)19-18(4,11-15(20)23-6)14-10-12-8-7-9-13(22-5)16(12)24-14/h7-10,19H,11H2,1-6H3. The summed E-state index contributed by atoms with van der Waals surface area (Å²) in [5.74, 6) is 0.671. The Bertz CT molecular complexity index is 751. The summed E-state index contributed by atoms with van der Waals surface area (Å²) in [6.07, 6.45) is -0.0204. The Kier molecular flexibility index (Phi) is 5.71. The van der Waals surface area contributed by atoms with Crippen LogP contribution in [0.25, 0.3) is 11.0 Å². The number of benzene rings is 1. The third kappa shape index (κ3) is 4.29. The van der Waals surface area contributed by atoms with Gasteiger partial charge in [0, 0.05) is 16.7 Å². The summed E-state index contributed by atoms with van der Waals surface area (Å²) in [4.78, 5) is 11.9. The first kappa shape index (κ1) is 19.6. The zero-order valence-electron chi connectivity index (χ0n) is 15.5. The van der Waals surface area contributed by atoms with Gasteiger partial charge in [-0.2, -0.15) is 0 Å². The second kappa shape index (κ2) is 7.27. The molecule has 25 heavy (non-hydrogen) atoms.